The van der Waals surface area contributed by atoms with Crippen LogP contribution in [-0.2, 0) is 20.6 Å². The highest BCUT2D eigenvalue weighted by Gasteiger charge is 2.24. The van der Waals surface area contributed by atoms with Crippen LogP contribution in [-0.4, -0.2) is 47.5 Å². The Balaban J connectivity index is 1.36. The zero-order chi connectivity index (χ0) is 31.1. The molecular weight excluding hydrogens is 512 g/mol. The number of esters is 1. The highest BCUT2D eigenvalue weighted by atomic mass is 16.7. The van der Waals surface area contributed by atoms with Crippen LogP contribution in [0, 0.1) is 0 Å². The molecule has 0 N–H and O–H groups in total. The lowest BCUT2D eigenvalue weighted by molar-refractivity contribution is -0.164. The first-order valence-electron chi connectivity index (χ1n) is 16.8. The third-order valence-corrected chi connectivity index (χ3v) is 7.65. The number of aromatic nitrogens is 1. The standard InChI is InChI=1S/C35H52N2O4/c1-4-5-6-7-8-9-10-11-12-13-14-15-16-17-18-25-34(38)40-29(2)41-35(39)37-28-30(27-31-22-21-26-36(31)3)32-23-19-20-24-33(32)37/h8-9,11-12,19-20,23-24,28-29,31H,4-7,10,13-18,21-22,25-27H2,1-3H3/b9-8-,12-11-/t29?,31-/m1/s1/i27D2. The Kier molecular flexibility index (Phi) is 13.4. The molecule has 2 atom stereocenters. The number of hydrogen-bond donors (Lipinski definition) is 0. The zero-order valence-electron chi connectivity index (χ0n) is 27.5. The summed E-state index contributed by atoms with van der Waals surface area (Å²) < 4.78 is 30.0. The third-order valence-electron chi connectivity index (χ3n) is 7.65. The van der Waals surface area contributed by atoms with Gasteiger partial charge in [0.25, 0.3) is 0 Å². The van der Waals surface area contributed by atoms with Crippen molar-refractivity contribution < 1.29 is 21.8 Å². The molecule has 0 radical (unpaired) electrons. The van der Waals surface area contributed by atoms with Crippen LogP contribution in [0.4, 0.5) is 4.79 Å². The Morgan fingerprint density at radius 2 is 1.71 bits per heavy atom. The first-order chi connectivity index (χ1) is 20.8. The summed E-state index contributed by atoms with van der Waals surface area (Å²) in [4.78, 5) is 27.5. The Morgan fingerprint density at radius 1 is 1.00 bits per heavy atom. The second kappa shape index (κ2) is 18.5. The van der Waals surface area contributed by atoms with Crippen molar-refractivity contribution in [2.45, 2.75) is 122 Å². The first kappa shape index (κ1) is 29.6. The summed E-state index contributed by atoms with van der Waals surface area (Å²) in [5.41, 5.74) is 1.03. The lowest BCUT2D eigenvalue weighted by atomic mass is 10.0. The molecule has 1 fully saturated rings. The van der Waals surface area contributed by atoms with Gasteiger partial charge in [0.1, 0.15) is 0 Å². The largest absolute Gasteiger partial charge is 0.425 e. The smallest absolute Gasteiger partial charge is 0.421 e. The summed E-state index contributed by atoms with van der Waals surface area (Å²) in [6, 6.07) is 6.98. The molecule has 2 heterocycles. The van der Waals surface area contributed by atoms with Gasteiger partial charge in [-0.25, -0.2) is 4.79 Å². The minimum atomic E-state index is -1.64. The van der Waals surface area contributed by atoms with E-state index in [9.17, 15) is 9.59 Å². The number of ether oxygens (including phenoxy) is 2. The van der Waals surface area contributed by atoms with Crippen molar-refractivity contribution in [2.75, 3.05) is 13.6 Å². The molecule has 0 spiro atoms. The fourth-order valence-electron chi connectivity index (χ4n) is 5.27. The van der Waals surface area contributed by atoms with E-state index >= 15 is 0 Å². The summed E-state index contributed by atoms with van der Waals surface area (Å²) in [6.45, 7) is 4.61. The maximum absolute atomic E-state index is 13.1. The van der Waals surface area contributed by atoms with Crippen LogP contribution in [0.15, 0.2) is 54.8 Å². The summed E-state index contributed by atoms with van der Waals surface area (Å²) in [5, 5.41) is 0.677. The minimum absolute atomic E-state index is 0.267. The van der Waals surface area contributed by atoms with Crippen molar-refractivity contribution in [1.82, 2.24) is 9.47 Å². The Hall–Kier alpha value is -2.86. The predicted molar refractivity (Wildman–Crippen MR) is 168 cm³/mol. The normalized spacial score (nSPS) is 17.8. The van der Waals surface area contributed by atoms with Gasteiger partial charge in [-0.3, -0.25) is 9.36 Å². The molecule has 2 aromatic rings. The molecular formula is C35H52N2O4. The highest BCUT2D eigenvalue weighted by Crippen LogP contribution is 2.27. The number of allylic oxidation sites excluding steroid dienone is 4. The maximum Gasteiger partial charge on any atom is 0.421 e. The van der Waals surface area contributed by atoms with Gasteiger partial charge < -0.3 is 14.4 Å². The second-order valence-electron chi connectivity index (χ2n) is 11.1. The van der Waals surface area contributed by atoms with Gasteiger partial charge >= 0.3 is 12.1 Å². The van der Waals surface area contributed by atoms with Crippen LogP contribution >= 0.6 is 0 Å². The molecule has 0 saturated carbocycles. The summed E-state index contributed by atoms with van der Waals surface area (Å²) >= 11 is 0. The van der Waals surface area contributed by atoms with E-state index in [1.54, 1.807) is 6.07 Å². The molecule has 3 rings (SSSR count). The van der Waals surface area contributed by atoms with Crippen LogP contribution in [0.2, 0.25) is 0 Å². The number of benzene rings is 1. The first-order valence-corrected chi connectivity index (χ1v) is 15.8. The summed E-state index contributed by atoms with van der Waals surface area (Å²) in [7, 11) is 1.94. The predicted octanol–water partition coefficient (Wildman–Crippen LogP) is 8.97. The van der Waals surface area contributed by atoms with E-state index in [1.807, 2.05) is 30.1 Å². The lowest BCUT2D eigenvalue weighted by Crippen LogP contribution is -2.26. The van der Waals surface area contributed by atoms with Crippen molar-refractivity contribution in [2.24, 2.45) is 0 Å². The van der Waals surface area contributed by atoms with E-state index < -0.39 is 18.8 Å². The monoisotopic (exact) mass is 566 g/mol. The van der Waals surface area contributed by atoms with E-state index in [4.69, 9.17) is 12.2 Å². The molecule has 1 unspecified atom stereocenters. The number of nitrogens with zero attached hydrogens (tertiary/aromatic N) is 2. The van der Waals surface area contributed by atoms with E-state index in [0.29, 0.717) is 16.5 Å². The topological polar surface area (TPSA) is 60.8 Å². The third kappa shape index (κ3) is 11.5. The summed E-state index contributed by atoms with van der Waals surface area (Å²) in [5.74, 6) is -0.385. The van der Waals surface area contributed by atoms with Crippen molar-refractivity contribution in [1.29, 1.82) is 0 Å². The van der Waals surface area contributed by atoms with Gasteiger partial charge in [-0.05, 0) is 83.0 Å². The molecule has 1 aromatic heterocycles. The quantitative estimate of drug-likeness (QED) is 0.0780. The molecule has 6 nitrogen and oxygen atoms in total. The Labute approximate surface area is 250 Å². The molecule has 1 aliphatic rings. The molecule has 6 heteroatoms. The average Bonchev–Trinajstić information content (AvgIpc) is 3.60. The number of para-hydroxylation sites is 1. The second-order valence-corrected chi connectivity index (χ2v) is 11.1. The van der Waals surface area contributed by atoms with Gasteiger partial charge in [0, 0.05) is 33.7 Å². The molecule has 1 aromatic carbocycles. The number of carbonyl (C=O) groups is 2. The van der Waals surface area contributed by atoms with E-state index in [-0.39, 0.29) is 18.4 Å². The van der Waals surface area contributed by atoms with Crippen molar-refractivity contribution in [3.63, 3.8) is 0 Å². The number of rotatable bonds is 18. The molecule has 0 aliphatic carbocycles. The lowest BCUT2D eigenvalue weighted by Gasteiger charge is -2.18. The zero-order valence-corrected chi connectivity index (χ0v) is 25.5. The van der Waals surface area contributed by atoms with E-state index in [1.165, 1.54) is 43.4 Å². The Morgan fingerprint density at radius 3 is 2.44 bits per heavy atom. The molecule has 1 aliphatic heterocycles. The van der Waals surface area contributed by atoms with Crippen molar-refractivity contribution in [3.8, 4) is 0 Å². The van der Waals surface area contributed by atoms with Gasteiger partial charge in [-0.15, -0.1) is 0 Å². The fraction of sp³-hybridized carbons (Fsp3) is 0.600. The van der Waals surface area contributed by atoms with Crippen molar-refractivity contribution >= 4 is 23.0 Å². The van der Waals surface area contributed by atoms with E-state index in [0.717, 1.165) is 64.3 Å². The van der Waals surface area contributed by atoms with Gasteiger partial charge in [0.15, 0.2) is 0 Å². The summed E-state index contributed by atoms with van der Waals surface area (Å²) in [6.07, 6.45) is 21.4. The van der Waals surface area contributed by atoms with Crippen LogP contribution in [0.25, 0.3) is 10.9 Å². The van der Waals surface area contributed by atoms with Gasteiger partial charge in [0.2, 0.25) is 6.29 Å². The Bertz CT molecular complexity index is 1210. The fourth-order valence-corrected chi connectivity index (χ4v) is 5.27. The van der Waals surface area contributed by atoms with Crippen LogP contribution < -0.4 is 0 Å². The number of likely N-dealkylation sites (N-methyl/N-ethyl adjacent to an activating group) is 1. The number of likely N-dealkylation sites (tertiary alicyclic amines) is 1. The minimum Gasteiger partial charge on any atom is -0.425 e. The SMILES string of the molecule is [2H]C([2H])(c1cn(C(=O)OC(C)OC(=O)CCCCCCC/C=C\C/C=C\CCCCC)c2ccccc12)[C@H]1CCCN1C. The van der Waals surface area contributed by atoms with Gasteiger partial charge in [-0.2, -0.15) is 0 Å². The number of carbonyl (C=O) groups excluding carboxylic acids is 2. The molecule has 1 saturated heterocycles. The van der Waals surface area contributed by atoms with Crippen LogP contribution in [0.1, 0.15) is 112 Å². The number of unbranched alkanes of at least 4 members (excludes halogenated alkanes) is 8. The van der Waals surface area contributed by atoms with E-state index in [2.05, 4.69) is 31.2 Å². The van der Waals surface area contributed by atoms with Crippen LogP contribution in [0.3, 0.4) is 0 Å². The van der Waals surface area contributed by atoms with Gasteiger partial charge in [-0.1, -0.05) is 81.5 Å². The highest BCUT2D eigenvalue weighted by molar-refractivity contribution is 5.92. The molecule has 226 valence electrons. The molecule has 41 heavy (non-hydrogen) atoms. The van der Waals surface area contributed by atoms with Gasteiger partial charge in [0.05, 0.1) is 5.52 Å². The maximum atomic E-state index is 13.1. The number of fused-ring (bicyclic) bond motifs is 1. The number of hydrogen-bond acceptors (Lipinski definition) is 5. The molecule has 0 bridgehead atoms. The average molecular weight is 567 g/mol. The van der Waals surface area contributed by atoms with Crippen LogP contribution in [0.5, 0.6) is 0 Å². The van der Waals surface area contributed by atoms with Crippen molar-refractivity contribution in [3.05, 3.63) is 60.3 Å². The molecule has 0 amide bonds.